The summed E-state index contributed by atoms with van der Waals surface area (Å²) in [6.45, 7) is 4.63. The van der Waals surface area contributed by atoms with E-state index in [4.69, 9.17) is 9.51 Å². The van der Waals surface area contributed by atoms with E-state index in [0.29, 0.717) is 24.7 Å². The van der Waals surface area contributed by atoms with Gasteiger partial charge in [0.2, 0.25) is 5.89 Å². The van der Waals surface area contributed by atoms with Crippen LogP contribution in [0.4, 0.5) is 5.82 Å². The SMILES string of the molecule is CCc1nc(CCNc2cc(-c3ccccc3)nc3cc(C)nn23)no1. The summed E-state index contributed by atoms with van der Waals surface area (Å²) in [7, 11) is 0. The van der Waals surface area contributed by atoms with Gasteiger partial charge in [0, 0.05) is 37.1 Å². The first-order chi connectivity index (χ1) is 12.7. The first-order valence-corrected chi connectivity index (χ1v) is 8.71. The molecule has 7 nitrogen and oxygen atoms in total. The minimum atomic E-state index is 0.667. The zero-order chi connectivity index (χ0) is 17.9. The summed E-state index contributed by atoms with van der Waals surface area (Å²) in [6.07, 6.45) is 1.42. The highest BCUT2D eigenvalue weighted by molar-refractivity contribution is 5.66. The van der Waals surface area contributed by atoms with E-state index in [0.717, 1.165) is 34.8 Å². The van der Waals surface area contributed by atoms with Gasteiger partial charge in [0.25, 0.3) is 0 Å². The largest absolute Gasteiger partial charge is 0.369 e. The summed E-state index contributed by atoms with van der Waals surface area (Å²) >= 11 is 0. The third kappa shape index (κ3) is 3.28. The second-order valence-corrected chi connectivity index (χ2v) is 6.08. The van der Waals surface area contributed by atoms with Crippen molar-refractivity contribution < 1.29 is 4.52 Å². The van der Waals surface area contributed by atoms with Gasteiger partial charge in [-0.05, 0) is 6.92 Å². The van der Waals surface area contributed by atoms with Crippen LogP contribution in [0, 0.1) is 6.92 Å². The van der Waals surface area contributed by atoms with Crippen molar-refractivity contribution in [3.05, 3.63) is 59.9 Å². The number of nitrogens with one attached hydrogen (secondary N) is 1. The number of aromatic nitrogens is 5. The van der Waals surface area contributed by atoms with Crippen LogP contribution in [0.15, 0.2) is 47.0 Å². The quantitative estimate of drug-likeness (QED) is 0.576. The van der Waals surface area contributed by atoms with Crippen molar-refractivity contribution in [3.63, 3.8) is 0 Å². The van der Waals surface area contributed by atoms with Gasteiger partial charge in [0.1, 0.15) is 5.82 Å². The van der Waals surface area contributed by atoms with Gasteiger partial charge in [-0.15, -0.1) is 0 Å². The van der Waals surface area contributed by atoms with Crippen LogP contribution in [0.3, 0.4) is 0 Å². The molecule has 0 saturated carbocycles. The Morgan fingerprint density at radius 2 is 1.96 bits per heavy atom. The number of hydrogen-bond acceptors (Lipinski definition) is 6. The number of nitrogens with zero attached hydrogens (tertiary/aromatic N) is 5. The second kappa shape index (κ2) is 6.95. The number of benzene rings is 1. The summed E-state index contributed by atoms with van der Waals surface area (Å²) in [6, 6.07) is 14.1. The van der Waals surface area contributed by atoms with Crippen LogP contribution in [-0.4, -0.2) is 31.3 Å². The number of fused-ring (bicyclic) bond motifs is 1. The highest BCUT2D eigenvalue weighted by Crippen LogP contribution is 2.22. The van der Waals surface area contributed by atoms with Gasteiger partial charge in [0.05, 0.1) is 11.4 Å². The fourth-order valence-electron chi connectivity index (χ4n) is 2.81. The molecule has 0 fully saturated rings. The first-order valence-electron chi connectivity index (χ1n) is 8.71. The fourth-order valence-corrected chi connectivity index (χ4v) is 2.81. The maximum absolute atomic E-state index is 5.15. The molecular formula is C19H20N6O. The van der Waals surface area contributed by atoms with Crippen LogP contribution in [-0.2, 0) is 12.8 Å². The molecule has 4 rings (SSSR count). The van der Waals surface area contributed by atoms with Crippen molar-refractivity contribution in [1.29, 1.82) is 0 Å². The summed E-state index contributed by atoms with van der Waals surface area (Å²) < 4.78 is 6.98. The molecule has 0 aliphatic carbocycles. The molecule has 3 heterocycles. The van der Waals surface area contributed by atoms with Crippen LogP contribution < -0.4 is 5.32 Å². The number of rotatable bonds is 6. The molecule has 0 spiro atoms. The Bertz CT molecular complexity index is 1020. The zero-order valence-electron chi connectivity index (χ0n) is 14.8. The van der Waals surface area contributed by atoms with Gasteiger partial charge in [0.15, 0.2) is 11.5 Å². The minimum absolute atomic E-state index is 0.667. The number of hydrogen-bond donors (Lipinski definition) is 1. The second-order valence-electron chi connectivity index (χ2n) is 6.08. The van der Waals surface area contributed by atoms with Crippen LogP contribution in [0.2, 0.25) is 0 Å². The Hall–Kier alpha value is -3.22. The van der Waals surface area contributed by atoms with Crippen molar-refractivity contribution in [2.75, 3.05) is 11.9 Å². The van der Waals surface area contributed by atoms with Crippen molar-refractivity contribution in [1.82, 2.24) is 24.7 Å². The Labute approximate surface area is 151 Å². The molecule has 132 valence electrons. The van der Waals surface area contributed by atoms with Crippen molar-refractivity contribution >= 4 is 11.5 Å². The summed E-state index contributed by atoms with van der Waals surface area (Å²) in [4.78, 5) is 9.07. The van der Waals surface area contributed by atoms with E-state index in [1.807, 2.05) is 48.7 Å². The summed E-state index contributed by atoms with van der Waals surface area (Å²) in [5.74, 6) is 2.26. The number of anilines is 1. The normalized spacial score (nSPS) is 11.2. The van der Waals surface area contributed by atoms with Gasteiger partial charge in [-0.2, -0.15) is 14.6 Å². The van der Waals surface area contributed by atoms with E-state index < -0.39 is 0 Å². The molecule has 0 aliphatic heterocycles. The highest BCUT2D eigenvalue weighted by Gasteiger charge is 2.10. The zero-order valence-corrected chi connectivity index (χ0v) is 14.8. The minimum Gasteiger partial charge on any atom is -0.369 e. The lowest BCUT2D eigenvalue weighted by Gasteiger charge is -2.10. The average Bonchev–Trinajstić information content (AvgIpc) is 3.27. The van der Waals surface area contributed by atoms with Gasteiger partial charge in [-0.1, -0.05) is 42.4 Å². The van der Waals surface area contributed by atoms with E-state index >= 15 is 0 Å². The van der Waals surface area contributed by atoms with E-state index in [-0.39, 0.29) is 0 Å². The van der Waals surface area contributed by atoms with Crippen LogP contribution in [0.5, 0.6) is 0 Å². The Morgan fingerprint density at radius 3 is 2.73 bits per heavy atom. The predicted octanol–water partition coefficient (Wildman–Crippen LogP) is 3.30. The Morgan fingerprint density at radius 1 is 1.12 bits per heavy atom. The van der Waals surface area contributed by atoms with E-state index in [1.54, 1.807) is 0 Å². The van der Waals surface area contributed by atoms with Crippen LogP contribution >= 0.6 is 0 Å². The fraction of sp³-hybridized carbons (Fsp3) is 0.263. The molecule has 1 N–H and O–H groups in total. The van der Waals surface area contributed by atoms with Gasteiger partial charge in [-0.25, -0.2) is 4.98 Å². The molecule has 0 radical (unpaired) electrons. The van der Waals surface area contributed by atoms with Gasteiger partial charge in [-0.3, -0.25) is 0 Å². The maximum atomic E-state index is 5.15. The molecule has 4 aromatic rings. The summed E-state index contributed by atoms with van der Waals surface area (Å²) in [5, 5.41) is 11.9. The number of aryl methyl sites for hydroxylation is 2. The predicted molar refractivity (Wildman–Crippen MR) is 99.0 cm³/mol. The average molecular weight is 348 g/mol. The molecule has 26 heavy (non-hydrogen) atoms. The molecular weight excluding hydrogens is 328 g/mol. The molecule has 0 amide bonds. The van der Waals surface area contributed by atoms with E-state index in [1.165, 1.54) is 0 Å². The van der Waals surface area contributed by atoms with Crippen molar-refractivity contribution in [3.8, 4) is 11.3 Å². The molecule has 0 bridgehead atoms. The third-order valence-corrected chi connectivity index (χ3v) is 4.09. The molecule has 7 heteroatoms. The van der Waals surface area contributed by atoms with Crippen molar-refractivity contribution in [2.24, 2.45) is 0 Å². The Balaban J connectivity index is 1.60. The molecule has 0 atom stereocenters. The molecule has 0 aliphatic rings. The lowest BCUT2D eigenvalue weighted by molar-refractivity contribution is 0.377. The van der Waals surface area contributed by atoms with Crippen molar-refractivity contribution in [2.45, 2.75) is 26.7 Å². The third-order valence-electron chi connectivity index (χ3n) is 4.09. The smallest absolute Gasteiger partial charge is 0.226 e. The van der Waals surface area contributed by atoms with Gasteiger partial charge >= 0.3 is 0 Å². The molecule has 0 unspecified atom stereocenters. The Kier molecular flexibility index (Phi) is 4.35. The van der Waals surface area contributed by atoms with Crippen LogP contribution in [0.25, 0.3) is 16.9 Å². The summed E-state index contributed by atoms with van der Waals surface area (Å²) in [5.41, 5.74) is 3.73. The monoisotopic (exact) mass is 348 g/mol. The molecule has 3 aromatic heterocycles. The lowest BCUT2D eigenvalue weighted by atomic mass is 10.1. The standard InChI is InChI=1S/C19H20N6O/c1-3-19-22-16(24-26-19)9-10-20-17-12-15(14-7-5-4-6-8-14)21-18-11-13(2)23-25(17)18/h4-8,11-12,20H,3,9-10H2,1-2H3. The molecule has 1 aromatic carbocycles. The highest BCUT2D eigenvalue weighted by atomic mass is 16.5. The first kappa shape index (κ1) is 16.3. The topological polar surface area (TPSA) is 81.1 Å². The van der Waals surface area contributed by atoms with Crippen LogP contribution in [0.1, 0.15) is 24.3 Å². The van der Waals surface area contributed by atoms with E-state index in [9.17, 15) is 0 Å². The van der Waals surface area contributed by atoms with E-state index in [2.05, 4.69) is 32.7 Å². The maximum Gasteiger partial charge on any atom is 0.226 e. The molecule has 0 saturated heterocycles. The van der Waals surface area contributed by atoms with Gasteiger partial charge < -0.3 is 9.84 Å². The lowest BCUT2D eigenvalue weighted by Crippen LogP contribution is -2.10.